The van der Waals surface area contributed by atoms with Gasteiger partial charge in [0.05, 0.1) is 6.54 Å². The number of hydrogen-bond donors (Lipinski definition) is 0. The molecule has 2 nitrogen and oxygen atoms in total. The van der Waals surface area contributed by atoms with Crippen molar-refractivity contribution in [3.63, 3.8) is 0 Å². The molecule has 0 N–H and O–H groups in total. The second-order valence-corrected chi connectivity index (χ2v) is 5.53. The lowest BCUT2D eigenvalue weighted by atomic mass is 10.0. The van der Waals surface area contributed by atoms with E-state index in [0.29, 0.717) is 6.54 Å². The molecule has 0 aliphatic heterocycles. The summed E-state index contributed by atoms with van der Waals surface area (Å²) >= 11 is 0. The first-order chi connectivity index (χ1) is 7.89. The highest BCUT2D eigenvalue weighted by Crippen LogP contribution is 2.14. The van der Waals surface area contributed by atoms with E-state index < -0.39 is 0 Å². The van der Waals surface area contributed by atoms with E-state index in [-0.39, 0.29) is 11.3 Å². The number of Topliss-reactive ketones (excluding diaryl/α,β-unsaturated/α-hetero) is 1. The molecule has 0 aliphatic rings. The predicted molar refractivity (Wildman–Crippen MR) is 72.2 cm³/mol. The van der Waals surface area contributed by atoms with E-state index >= 15 is 0 Å². The van der Waals surface area contributed by atoms with Gasteiger partial charge >= 0.3 is 0 Å². The van der Waals surface area contributed by atoms with Gasteiger partial charge in [0.15, 0.2) is 0 Å². The Labute approximate surface area is 105 Å². The van der Waals surface area contributed by atoms with Crippen LogP contribution in [0.5, 0.6) is 0 Å². The van der Waals surface area contributed by atoms with Crippen molar-refractivity contribution in [1.82, 2.24) is 4.90 Å². The number of rotatable bonds is 5. The number of hydrogen-bond acceptors (Lipinski definition) is 2. The van der Waals surface area contributed by atoms with Gasteiger partial charge < -0.3 is 0 Å². The molecule has 0 aromatic heterocycles. The van der Waals surface area contributed by atoms with Crippen molar-refractivity contribution in [2.24, 2.45) is 0 Å². The van der Waals surface area contributed by atoms with Gasteiger partial charge in [-0.2, -0.15) is 0 Å². The summed E-state index contributed by atoms with van der Waals surface area (Å²) in [6.45, 7) is 9.58. The van der Waals surface area contributed by atoms with Gasteiger partial charge in [0, 0.05) is 12.1 Å². The van der Waals surface area contributed by atoms with Crippen LogP contribution in [0.4, 0.5) is 0 Å². The normalized spacial score (nSPS) is 11.8. The zero-order chi connectivity index (χ0) is 12.9. The largest absolute Gasteiger partial charge is 0.299 e. The Bertz CT molecular complexity index is 351. The Kier molecular flexibility index (Phi) is 4.88. The number of carbonyl (C=O) groups is 1. The molecular formula is C15H23NO. The first-order valence-electron chi connectivity index (χ1n) is 6.18. The molecule has 0 fully saturated rings. The van der Waals surface area contributed by atoms with Crippen molar-refractivity contribution in [3.8, 4) is 0 Å². The Hall–Kier alpha value is -1.15. The minimum absolute atomic E-state index is 0.0421. The second-order valence-electron chi connectivity index (χ2n) is 5.53. The van der Waals surface area contributed by atoms with Gasteiger partial charge in [-0.05, 0) is 39.7 Å². The third kappa shape index (κ3) is 5.14. The SMILES string of the molecule is CC(=O)CN(CCc1ccccc1)C(C)(C)C. The van der Waals surface area contributed by atoms with Crippen LogP contribution in [-0.2, 0) is 11.2 Å². The summed E-state index contributed by atoms with van der Waals surface area (Å²) < 4.78 is 0. The van der Waals surface area contributed by atoms with Gasteiger partial charge in [-0.3, -0.25) is 9.69 Å². The van der Waals surface area contributed by atoms with Gasteiger partial charge in [0.2, 0.25) is 0 Å². The van der Waals surface area contributed by atoms with Crippen LogP contribution in [-0.4, -0.2) is 29.3 Å². The van der Waals surface area contributed by atoms with Crippen LogP contribution in [0, 0.1) is 0 Å². The van der Waals surface area contributed by atoms with Gasteiger partial charge in [0.25, 0.3) is 0 Å². The first-order valence-corrected chi connectivity index (χ1v) is 6.18. The molecule has 1 aromatic rings. The summed E-state index contributed by atoms with van der Waals surface area (Å²) in [7, 11) is 0. The lowest BCUT2D eigenvalue weighted by Gasteiger charge is -2.34. The number of ketones is 1. The highest BCUT2D eigenvalue weighted by molar-refractivity contribution is 5.77. The Balaban J connectivity index is 2.59. The van der Waals surface area contributed by atoms with Crippen molar-refractivity contribution in [3.05, 3.63) is 35.9 Å². The molecule has 0 radical (unpaired) electrons. The fourth-order valence-corrected chi connectivity index (χ4v) is 1.83. The maximum absolute atomic E-state index is 11.3. The summed E-state index contributed by atoms with van der Waals surface area (Å²) in [5.74, 6) is 0.230. The van der Waals surface area contributed by atoms with Crippen LogP contribution in [0.3, 0.4) is 0 Å². The molecule has 0 saturated carbocycles. The lowest BCUT2D eigenvalue weighted by Crippen LogP contribution is -2.45. The summed E-state index contributed by atoms with van der Waals surface area (Å²) in [6, 6.07) is 10.4. The van der Waals surface area contributed by atoms with Gasteiger partial charge in [0.1, 0.15) is 5.78 Å². The molecule has 0 atom stereocenters. The van der Waals surface area contributed by atoms with E-state index in [2.05, 4.69) is 49.9 Å². The van der Waals surface area contributed by atoms with Crippen LogP contribution in [0.1, 0.15) is 33.3 Å². The maximum Gasteiger partial charge on any atom is 0.143 e. The quantitative estimate of drug-likeness (QED) is 0.779. The monoisotopic (exact) mass is 233 g/mol. The molecular weight excluding hydrogens is 210 g/mol. The Morgan fingerprint density at radius 2 is 1.76 bits per heavy atom. The zero-order valence-corrected chi connectivity index (χ0v) is 11.4. The highest BCUT2D eigenvalue weighted by atomic mass is 16.1. The molecule has 1 rings (SSSR count). The molecule has 1 aromatic carbocycles. The topological polar surface area (TPSA) is 20.3 Å². The van der Waals surface area contributed by atoms with Crippen molar-refractivity contribution < 1.29 is 4.79 Å². The molecule has 0 amide bonds. The van der Waals surface area contributed by atoms with E-state index in [9.17, 15) is 4.79 Å². The van der Waals surface area contributed by atoms with Crippen LogP contribution in [0.15, 0.2) is 30.3 Å². The summed E-state index contributed by atoms with van der Waals surface area (Å²) in [6.07, 6.45) is 0.991. The van der Waals surface area contributed by atoms with Gasteiger partial charge in [-0.1, -0.05) is 30.3 Å². The van der Waals surface area contributed by atoms with Gasteiger partial charge in [-0.15, -0.1) is 0 Å². The second kappa shape index (κ2) is 5.97. The van der Waals surface area contributed by atoms with E-state index in [1.54, 1.807) is 6.92 Å². The van der Waals surface area contributed by atoms with E-state index in [1.807, 2.05) is 6.07 Å². The van der Waals surface area contributed by atoms with E-state index in [0.717, 1.165) is 13.0 Å². The number of nitrogens with zero attached hydrogens (tertiary/aromatic N) is 1. The highest BCUT2D eigenvalue weighted by Gasteiger charge is 2.21. The molecule has 0 bridgehead atoms. The summed E-state index contributed by atoms with van der Waals surface area (Å²) in [5, 5.41) is 0. The molecule has 0 spiro atoms. The van der Waals surface area contributed by atoms with Crippen LogP contribution in [0.2, 0.25) is 0 Å². The van der Waals surface area contributed by atoms with Crippen molar-refractivity contribution in [1.29, 1.82) is 0 Å². The van der Waals surface area contributed by atoms with E-state index in [4.69, 9.17) is 0 Å². The first kappa shape index (κ1) is 13.9. The summed E-state index contributed by atoms with van der Waals surface area (Å²) in [5.41, 5.74) is 1.37. The molecule has 0 unspecified atom stereocenters. The van der Waals surface area contributed by atoms with Crippen LogP contribution < -0.4 is 0 Å². The van der Waals surface area contributed by atoms with Gasteiger partial charge in [-0.25, -0.2) is 0 Å². The van der Waals surface area contributed by atoms with Crippen molar-refractivity contribution in [2.75, 3.05) is 13.1 Å². The average Bonchev–Trinajstić information content (AvgIpc) is 2.23. The maximum atomic E-state index is 11.3. The van der Waals surface area contributed by atoms with Crippen LogP contribution >= 0.6 is 0 Å². The molecule has 94 valence electrons. The third-order valence-electron chi connectivity index (χ3n) is 2.88. The van der Waals surface area contributed by atoms with E-state index in [1.165, 1.54) is 5.56 Å². The molecule has 17 heavy (non-hydrogen) atoms. The number of benzene rings is 1. The van der Waals surface area contributed by atoms with Crippen molar-refractivity contribution in [2.45, 2.75) is 39.7 Å². The Morgan fingerprint density at radius 1 is 1.18 bits per heavy atom. The fourth-order valence-electron chi connectivity index (χ4n) is 1.83. The molecule has 2 heteroatoms. The fraction of sp³-hybridized carbons (Fsp3) is 0.533. The predicted octanol–water partition coefficient (Wildman–Crippen LogP) is 2.92. The molecule has 0 saturated heterocycles. The number of carbonyl (C=O) groups excluding carboxylic acids is 1. The summed E-state index contributed by atoms with van der Waals surface area (Å²) in [4.78, 5) is 13.5. The zero-order valence-electron chi connectivity index (χ0n) is 11.4. The minimum Gasteiger partial charge on any atom is -0.299 e. The lowest BCUT2D eigenvalue weighted by molar-refractivity contribution is -0.119. The molecule has 0 aliphatic carbocycles. The smallest absolute Gasteiger partial charge is 0.143 e. The standard InChI is InChI=1S/C15H23NO/c1-13(17)12-16(15(2,3)4)11-10-14-8-6-5-7-9-14/h5-9H,10-12H2,1-4H3. The average molecular weight is 233 g/mol. The van der Waals surface area contributed by atoms with Crippen LogP contribution in [0.25, 0.3) is 0 Å². The molecule has 0 heterocycles. The Morgan fingerprint density at radius 3 is 2.24 bits per heavy atom. The third-order valence-corrected chi connectivity index (χ3v) is 2.88. The minimum atomic E-state index is 0.0421. The van der Waals surface area contributed by atoms with Crippen molar-refractivity contribution >= 4 is 5.78 Å².